The van der Waals surface area contributed by atoms with Crippen LogP contribution >= 0.6 is 11.8 Å². The van der Waals surface area contributed by atoms with E-state index in [0.717, 1.165) is 19.6 Å². The van der Waals surface area contributed by atoms with E-state index in [1.165, 1.54) is 23.5 Å². The molecule has 1 heterocycles. The number of nitrogens with one attached hydrogen (secondary N) is 1. The molecule has 4 nitrogen and oxygen atoms in total. The van der Waals surface area contributed by atoms with Gasteiger partial charge in [-0.05, 0) is 36.4 Å². The third kappa shape index (κ3) is 3.88. The van der Waals surface area contributed by atoms with E-state index in [1.807, 2.05) is 30.0 Å². The molecule has 0 amide bonds. The van der Waals surface area contributed by atoms with Crippen LogP contribution in [-0.4, -0.2) is 42.4 Å². The number of thioether (sulfide) groups is 1. The van der Waals surface area contributed by atoms with Crippen LogP contribution in [0.1, 0.15) is 17.5 Å². The molecule has 19 heavy (non-hydrogen) atoms. The zero-order valence-corrected chi connectivity index (χ0v) is 12.1. The predicted molar refractivity (Wildman–Crippen MR) is 81.2 cm³/mol. The lowest BCUT2D eigenvalue weighted by Gasteiger charge is -2.20. The SMILES string of the molecule is COc1cc(CN2CCCSCC2)ccc1C(=N)N. The van der Waals surface area contributed by atoms with Gasteiger partial charge in [0.25, 0.3) is 0 Å². The van der Waals surface area contributed by atoms with Crippen LogP contribution in [0.5, 0.6) is 5.75 Å². The number of nitrogens with zero attached hydrogens (tertiary/aromatic N) is 1. The van der Waals surface area contributed by atoms with E-state index in [9.17, 15) is 0 Å². The number of nitrogens with two attached hydrogens (primary N) is 1. The summed E-state index contributed by atoms with van der Waals surface area (Å²) in [5.41, 5.74) is 7.42. The zero-order valence-electron chi connectivity index (χ0n) is 11.3. The molecule has 1 aliphatic heterocycles. The molecule has 1 saturated heterocycles. The van der Waals surface area contributed by atoms with Crippen LogP contribution < -0.4 is 10.5 Å². The molecule has 0 aliphatic carbocycles. The first-order valence-corrected chi connectivity index (χ1v) is 7.67. The highest BCUT2D eigenvalue weighted by Gasteiger charge is 2.12. The highest BCUT2D eigenvalue weighted by atomic mass is 32.2. The Morgan fingerprint density at radius 3 is 3.00 bits per heavy atom. The van der Waals surface area contributed by atoms with Crippen molar-refractivity contribution < 1.29 is 4.74 Å². The third-order valence-corrected chi connectivity index (χ3v) is 4.33. The lowest BCUT2D eigenvalue weighted by molar-refractivity contribution is 0.287. The quantitative estimate of drug-likeness (QED) is 0.653. The minimum Gasteiger partial charge on any atom is -0.496 e. The van der Waals surface area contributed by atoms with Crippen LogP contribution in [0.2, 0.25) is 0 Å². The normalized spacial score (nSPS) is 16.9. The molecular formula is C14H21N3OS. The molecule has 0 unspecified atom stereocenters. The molecule has 2 rings (SSSR count). The van der Waals surface area contributed by atoms with E-state index in [0.29, 0.717) is 11.3 Å². The fourth-order valence-electron chi connectivity index (χ4n) is 2.27. The van der Waals surface area contributed by atoms with Crippen LogP contribution in [0.15, 0.2) is 18.2 Å². The average Bonchev–Trinajstić information content (AvgIpc) is 2.67. The Bertz CT molecular complexity index is 442. The maximum atomic E-state index is 7.52. The number of hydrogen-bond donors (Lipinski definition) is 2. The molecule has 1 aromatic carbocycles. The molecule has 0 atom stereocenters. The highest BCUT2D eigenvalue weighted by Crippen LogP contribution is 2.21. The summed E-state index contributed by atoms with van der Waals surface area (Å²) in [5, 5.41) is 7.52. The van der Waals surface area contributed by atoms with Crippen LogP contribution in [0, 0.1) is 5.41 Å². The molecule has 0 saturated carbocycles. The lowest BCUT2D eigenvalue weighted by Crippen LogP contribution is -2.25. The summed E-state index contributed by atoms with van der Waals surface area (Å²) in [5.74, 6) is 3.22. The van der Waals surface area contributed by atoms with Gasteiger partial charge < -0.3 is 10.5 Å². The summed E-state index contributed by atoms with van der Waals surface area (Å²) in [6.07, 6.45) is 1.26. The first-order valence-electron chi connectivity index (χ1n) is 6.52. The average molecular weight is 279 g/mol. The largest absolute Gasteiger partial charge is 0.496 e. The summed E-state index contributed by atoms with van der Waals surface area (Å²) >= 11 is 2.03. The fourth-order valence-corrected chi connectivity index (χ4v) is 3.20. The lowest BCUT2D eigenvalue weighted by atomic mass is 10.1. The number of hydrogen-bond acceptors (Lipinski definition) is 4. The summed E-state index contributed by atoms with van der Waals surface area (Å²) in [4.78, 5) is 2.47. The van der Waals surface area contributed by atoms with Crippen LogP contribution in [0.3, 0.4) is 0 Å². The summed E-state index contributed by atoms with van der Waals surface area (Å²) in [7, 11) is 1.62. The maximum Gasteiger partial charge on any atom is 0.130 e. The first kappa shape index (κ1) is 14.2. The Kier molecular flexibility index (Phi) is 5.10. The molecule has 1 aromatic rings. The minimum atomic E-state index is 0.0505. The smallest absolute Gasteiger partial charge is 0.130 e. The number of amidine groups is 1. The van der Waals surface area contributed by atoms with E-state index < -0.39 is 0 Å². The number of benzene rings is 1. The number of methoxy groups -OCH3 is 1. The van der Waals surface area contributed by atoms with Gasteiger partial charge in [0.15, 0.2) is 0 Å². The fraction of sp³-hybridized carbons (Fsp3) is 0.500. The minimum absolute atomic E-state index is 0.0505. The van der Waals surface area contributed by atoms with Gasteiger partial charge in [-0.25, -0.2) is 0 Å². The second-order valence-electron chi connectivity index (χ2n) is 4.69. The molecule has 0 radical (unpaired) electrons. The molecule has 0 spiro atoms. The van der Waals surface area contributed by atoms with Crippen molar-refractivity contribution in [1.29, 1.82) is 5.41 Å². The third-order valence-electron chi connectivity index (χ3n) is 3.28. The van der Waals surface area contributed by atoms with E-state index in [2.05, 4.69) is 4.90 Å². The summed E-state index contributed by atoms with van der Waals surface area (Å²) in [6, 6.07) is 5.91. The Morgan fingerprint density at radius 1 is 1.42 bits per heavy atom. The van der Waals surface area contributed by atoms with Gasteiger partial charge in [0.05, 0.1) is 12.7 Å². The van der Waals surface area contributed by atoms with Crippen LogP contribution in [0.25, 0.3) is 0 Å². The van der Waals surface area contributed by atoms with Crippen molar-refractivity contribution in [2.45, 2.75) is 13.0 Å². The van der Waals surface area contributed by atoms with Crippen molar-refractivity contribution in [3.8, 4) is 5.75 Å². The Morgan fingerprint density at radius 2 is 2.26 bits per heavy atom. The van der Waals surface area contributed by atoms with Gasteiger partial charge in [-0.2, -0.15) is 11.8 Å². The second-order valence-corrected chi connectivity index (χ2v) is 5.92. The Labute approximate surface area is 118 Å². The van der Waals surface area contributed by atoms with Crippen molar-refractivity contribution in [2.75, 3.05) is 31.7 Å². The van der Waals surface area contributed by atoms with E-state index in [1.54, 1.807) is 7.11 Å². The van der Waals surface area contributed by atoms with Crippen molar-refractivity contribution in [3.63, 3.8) is 0 Å². The molecule has 5 heteroatoms. The number of nitrogen functional groups attached to an aromatic ring is 1. The number of rotatable bonds is 4. The van der Waals surface area contributed by atoms with Gasteiger partial charge in [-0.15, -0.1) is 0 Å². The molecule has 0 aromatic heterocycles. The van der Waals surface area contributed by atoms with Gasteiger partial charge in [-0.1, -0.05) is 6.07 Å². The topological polar surface area (TPSA) is 62.3 Å². The van der Waals surface area contributed by atoms with Crippen molar-refractivity contribution in [2.24, 2.45) is 5.73 Å². The Hall–Kier alpha value is -1.20. The van der Waals surface area contributed by atoms with Gasteiger partial charge in [0, 0.05) is 18.8 Å². The zero-order chi connectivity index (χ0) is 13.7. The molecule has 3 N–H and O–H groups in total. The van der Waals surface area contributed by atoms with Crippen molar-refractivity contribution >= 4 is 17.6 Å². The Balaban J connectivity index is 2.09. The molecular weight excluding hydrogens is 258 g/mol. The van der Waals surface area contributed by atoms with Gasteiger partial charge >= 0.3 is 0 Å². The predicted octanol–water partition coefficient (Wildman–Crippen LogP) is 1.92. The summed E-state index contributed by atoms with van der Waals surface area (Å²) < 4.78 is 5.32. The monoisotopic (exact) mass is 279 g/mol. The molecule has 104 valence electrons. The first-order chi connectivity index (χ1) is 9.20. The summed E-state index contributed by atoms with van der Waals surface area (Å²) in [6.45, 7) is 3.24. The van der Waals surface area contributed by atoms with Gasteiger partial charge in [0.2, 0.25) is 0 Å². The highest BCUT2D eigenvalue weighted by molar-refractivity contribution is 7.99. The maximum absolute atomic E-state index is 7.52. The standard InChI is InChI=1S/C14H21N3OS/c1-18-13-9-11(3-4-12(13)14(15)16)10-17-5-2-7-19-8-6-17/h3-4,9H,2,5-8,10H2,1H3,(H3,15,16). The van der Waals surface area contributed by atoms with Crippen LogP contribution in [-0.2, 0) is 6.54 Å². The van der Waals surface area contributed by atoms with E-state index >= 15 is 0 Å². The van der Waals surface area contributed by atoms with Crippen molar-refractivity contribution in [3.05, 3.63) is 29.3 Å². The van der Waals surface area contributed by atoms with Crippen LogP contribution in [0.4, 0.5) is 0 Å². The second kappa shape index (κ2) is 6.82. The van der Waals surface area contributed by atoms with Gasteiger partial charge in [0.1, 0.15) is 11.6 Å². The molecule has 0 bridgehead atoms. The van der Waals surface area contributed by atoms with E-state index in [-0.39, 0.29) is 5.84 Å². The van der Waals surface area contributed by atoms with Crippen molar-refractivity contribution in [1.82, 2.24) is 4.90 Å². The van der Waals surface area contributed by atoms with Gasteiger partial charge in [-0.3, -0.25) is 10.3 Å². The molecule has 1 fully saturated rings. The molecule has 1 aliphatic rings. The van der Waals surface area contributed by atoms with E-state index in [4.69, 9.17) is 15.9 Å². The number of ether oxygens (including phenoxy) is 1.